The van der Waals surface area contributed by atoms with E-state index in [1.54, 1.807) is 9.54 Å². The van der Waals surface area contributed by atoms with Crippen LogP contribution in [0.5, 0.6) is 0 Å². The second-order valence-electron chi connectivity index (χ2n) is 6.78. The van der Waals surface area contributed by atoms with Crippen molar-refractivity contribution in [3.8, 4) is 0 Å². The van der Waals surface area contributed by atoms with Gasteiger partial charge in [-0.2, -0.15) is 0 Å². The zero-order chi connectivity index (χ0) is 13.8. The second-order valence-corrected chi connectivity index (χ2v) is 9.53. The van der Waals surface area contributed by atoms with Crippen LogP contribution in [-0.2, 0) is 0 Å². The van der Waals surface area contributed by atoms with Gasteiger partial charge in [0.25, 0.3) is 0 Å². The summed E-state index contributed by atoms with van der Waals surface area (Å²) in [7, 11) is 0.0871. The van der Waals surface area contributed by atoms with Gasteiger partial charge in [-0.1, -0.05) is 0 Å². The van der Waals surface area contributed by atoms with Gasteiger partial charge in [-0.15, -0.1) is 0 Å². The fraction of sp³-hybridized carbons (Fsp3) is 0.667. The van der Waals surface area contributed by atoms with Crippen LogP contribution in [0.1, 0.15) is 64.2 Å². The Kier molecular flexibility index (Phi) is 5.68. The quantitative estimate of drug-likeness (QED) is 0.573. The first-order chi connectivity index (χ1) is 9.86. The van der Waals surface area contributed by atoms with Gasteiger partial charge in [0.1, 0.15) is 0 Å². The van der Waals surface area contributed by atoms with Crippen molar-refractivity contribution in [1.29, 1.82) is 0 Å². The van der Waals surface area contributed by atoms with Crippen molar-refractivity contribution in [2.45, 2.75) is 75.5 Å². The third-order valence-electron chi connectivity index (χ3n) is 5.33. The van der Waals surface area contributed by atoms with Crippen LogP contribution >= 0.6 is 7.92 Å². The van der Waals surface area contributed by atoms with Gasteiger partial charge in [0.05, 0.1) is 0 Å². The molecule has 3 rings (SSSR count). The molecule has 2 aliphatic rings. The first kappa shape index (κ1) is 15.2. The first-order valence-corrected chi connectivity index (χ1v) is 10.2. The summed E-state index contributed by atoms with van der Waals surface area (Å²) in [5.74, 6) is 0. The van der Waals surface area contributed by atoms with Crippen molar-refractivity contribution in [2.75, 3.05) is 0 Å². The van der Waals surface area contributed by atoms with Crippen LogP contribution < -0.4 is 9.54 Å². The second kappa shape index (κ2) is 7.49. The molecule has 104 valence electrons. The molecule has 0 nitrogen and oxygen atoms in total. The molecular formula is C18H26LiP. The fourth-order valence-corrected chi connectivity index (χ4v) is 8.23. The average molecular weight is 280 g/mol. The summed E-state index contributed by atoms with van der Waals surface area (Å²) < 4.78 is 1.56. The molecule has 0 atom stereocenters. The van der Waals surface area contributed by atoms with Gasteiger partial charge in [-0.05, 0) is 0 Å². The molecule has 1 aromatic carbocycles. The maximum atomic E-state index is 2.46. The molecule has 2 fully saturated rings. The summed E-state index contributed by atoms with van der Waals surface area (Å²) in [5.41, 5.74) is 2.06. The van der Waals surface area contributed by atoms with Crippen LogP contribution in [0.15, 0.2) is 24.3 Å². The number of rotatable bonds is 3. The first-order valence-electron chi connectivity index (χ1n) is 8.70. The number of hydrogen-bond donors (Lipinski definition) is 0. The minimum atomic E-state index is 0.0871. The van der Waals surface area contributed by atoms with Crippen molar-refractivity contribution in [3.05, 3.63) is 24.3 Å². The van der Waals surface area contributed by atoms with Gasteiger partial charge in [-0.25, -0.2) is 0 Å². The van der Waals surface area contributed by atoms with Crippen molar-refractivity contribution >= 4 is 35.2 Å². The normalized spacial score (nSPS) is 22.4. The van der Waals surface area contributed by atoms with Crippen LogP contribution in [0, 0.1) is 0 Å². The van der Waals surface area contributed by atoms with E-state index >= 15 is 0 Å². The van der Waals surface area contributed by atoms with Gasteiger partial charge in [0.15, 0.2) is 0 Å². The molecule has 0 amide bonds. The Morgan fingerprint density at radius 1 is 0.750 bits per heavy atom. The van der Waals surface area contributed by atoms with E-state index < -0.39 is 0 Å². The van der Waals surface area contributed by atoms with E-state index in [0.717, 1.165) is 11.3 Å². The van der Waals surface area contributed by atoms with E-state index in [1.807, 2.05) is 0 Å². The predicted molar refractivity (Wildman–Crippen MR) is 92.1 cm³/mol. The van der Waals surface area contributed by atoms with Crippen LogP contribution in [0.4, 0.5) is 0 Å². The summed E-state index contributed by atoms with van der Waals surface area (Å²) in [6.45, 7) is 0. The van der Waals surface area contributed by atoms with E-state index in [0.29, 0.717) is 0 Å². The summed E-state index contributed by atoms with van der Waals surface area (Å²) in [6.07, 6.45) is 15.0. The molecule has 0 radical (unpaired) electrons. The topological polar surface area (TPSA) is 0 Å². The summed E-state index contributed by atoms with van der Waals surface area (Å²) >= 11 is 2.34. The SMILES string of the molecule is [Li][c]1ccccc1P(C1CCCCC1)C1CCCCC1. The molecule has 0 N–H and O–H groups in total. The molecule has 2 heteroatoms. The van der Waals surface area contributed by atoms with E-state index in [2.05, 4.69) is 42.0 Å². The molecule has 2 saturated carbocycles. The molecule has 0 bridgehead atoms. The molecule has 0 aromatic heterocycles. The molecule has 0 unspecified atom stereocenters. The fourth-order valence-electron chi connectivity index (χ4n) is 4.26. The van der Waals surface area contributed by atoms with Crippen molar-refractivity contribution in [2.24, 2.45) is 0 Å². The minimum absolute atomic E-state index is 0.0871. The van der Waals surface area contributed by atoms with Gasteiger partial charge in [0, 0.05) is 0 Å². The van der Waals surface area contributed by atoms with Crippen LogP contribution in [0.2, 0.25) is 0 Å². The maximum absolute atomic E-state index is 2.46. The van der Waals surface area contributed by atoms with Gasteiger partial charge < -0.3 is 0 Å². The monoisotopic (exact) mass is 280 g/mol. The van der Waals surface area contributed by atoms with E-state index in [-0.39, 0.29) is 7.92 Å². The number of benzene rings is 1. The van der Waals surface area contributed by atoms with Crippen molar-refractivity contribution in [3.63, 3.8) is 0 Å². The van der Waals surface area contributed by atoms with Gasteiger partial charge >= 0.3 is 135 Å². The molecule has 1 aromatic rings. The van der Waals surface area contributed by atoms with Crippen LogP contribution in [-0.4, -0.2) is 29.0 Å². The molecule has 2 aliphatic carbocycles. The third-order valence-corrected chi connectivity index (χ3v) is 8.99. The Bertz CT molecular complexity index is 401. The van der Waals surface area contributed by atoms with E-state index in [4.69, 9.17) is 0 Å². The predicted octanol–water partition coefficient (Wildman–Crippen LogP) is 4.25. The van der Waals surface area contributed by atoms with Gasteiger partial charge in [0.2, 0.25) is 0 Å². The Balaban J connectivity index is 1.87. The molecule has 0 aliphatic heterocycles. The molecular weight excluding hydrogens is 254 g/mol. The molecule has 20 heavy (non-hydrogen) atoms. The Morgan fingerprint density at radius 2 is 1.25 bits per heavy atom. The molecule has 0 heterocycles. The standard InChI is InChI=1S/C18H26P.Li/c1-4-10-16(11-5-1)19(17-12-6-2-7-13-17)18-14-8-3-9-15-18;/h1,4-5,10,17-18H,2-3,6-9,12-15H2;. The Labute approximate surface area is 135 Å². The Hall–Kier alpha value is 0.247. The number of hydrogen-bond acceptors (Lipinski definition) is 0. The van der Waals surface area contributed by atoms with Crippen molar-refractivity contribution < 1.29 is 0 Å². The summed E-state index contributed by atoms with van der Waals surface area (Å²) in [6, 6.07) is 9.30. The Morgan fingerprint density at radius 3 is 1.75 bits per heavy atom. The van der Waals surface area contributed by atoms with E-state index in [1.165, 1.54) is 64.2 Å². The third kappa shape index (κ3) is 3.52. The summed E-state index contributed by atoms with van der Waals surface area (Å²) in [5, 5.41) is 1.75. The van der Waals surface area contributed by atoms with Crippen LogP contribution in [0.3, 0.4) is 0 Å². The summed E-state index contributed by atoms with van der Waals surface area (Å²) in [4.78, 5) is 0. The van der Waals surface area contributed by atoms with Crippen molar-refractivity contribution in [1.82, 2.24) is 0 Å². The molecule has 0 spiro atoms. The average Bonchev–Trinajstić information content (AvgIpc) is 2.52. The van der Waals surface area contributed by atoms with E-state index in [9.17, 15) is 0 Å². The van der Waals surface area contributed by atoms with Crippen LogP contribution in [0.25, 0.3) is 0 Å². The zero-order valence-electron chi connectivity index (χ0n) is 13.0. The zero-order valence-corrected chi connectivity index (χ0v) is 13.9. The van der Waals surface area contributed by atoms with Gasteiger partial charge in [-0.3, -0.25) is 0 Å². The molecule has 0 saturated heterocycles.